The molecule has 4 nitrogen and oxygen atoms in total. The minimum atomic E-state index is 0.620. The van der Waals surface area contributed by atoms with Gasteiger partial charge in [-0.05, 0) is 73.7 Å². The fraction of sp³-hybridized carbons (Fsp3) is 0.600. The van der Waals surface area contributed by atoms with Crippen LogP contribution in [0.15, 0.2) is 16.6 Å². The second-order valence-electron chi connectivity index (χ2n) is 5.29. The van der Waals surface area contributed by atoms with Crippen molar-refractivity contribution in [2.24, 2.45) is 0 Å². The molecule has 0 aliphatic carbocycles. The van der Waals surface area contributed by atoms with Crippen LogP contribution in [0.3, 0.4) is 0 Å². The van der Waals surface area contributed by atoms with Crippen LogP contribution in [0.4, 0.5) is 0 Å². The Labute approximate surface area is 129 Å². The van der Waals surface area contributed by atoms with E-state index >= 15 is 0 Å². The Kier molecular flexibility index (Phi) is 6.13. The summed E-state index contributed by atoms with van der Waals surface area (Å²) in [5, 5.41) is 3.47. The molecule has 1 aliphatic heterocycles. The zero-order valence-corrected chi connectivity index (χ0v) is 13.8. The van der Waals surface area contributed by atoms with Crippen LogP contribution in [0.5, 0.6) is 11.5 Å². The first-order chi connectivity index (χ1) is 9.66. The predicted molar refractivity (Wildman–Crippen MR) is 84.6 cm³/mol. The molecule has 5 heteroatoms. The summed E-state index contributed by atoms with van der Waals surface area (Å²) in [5.41, 5.74) is 1.22. The van der Waals surface area contributed by atoms with Crippen molar-refractivity contribution in [2.45, 2.75) is 19.4 Å². The molecule has 0 radical (unpaired) electrons. The van der Waals surface area contributed by atoms with Crippen molar-refractivity contribution in [3.63, 3.8) is 0 Å². The van der Waals surface area contributed by atoms with E-state index < -0.39 is 0 Å². The molecule has 20 heavy (non-hydrogen) atoms. The first kappa shape index (κ1) is 15.6. The second-order valence-corrected chi connectivity index (χ2v) is 6.14. The number of unbranched alkanes of at least 4 members (excludes halogenated alkanes) is 1. The standard InChI is InChI=1S/C15H23BrN2O2/c1-18(2)6-4-3-5-17-11-12-9-13(16)15-14(10-12)19-7-8-20-15/h9-10,17H,3-8,11H2,1-2H3. The fourth-order valence-corrected chi connectivity index (χ4v) is 2.78. The third-order valence-corrected chi connectivity index (χ3v) is 3.78. The van der Waals surface area contributed by atoms with Gasteiger partial charge in [0.25, 0.3) is 0 Å². The number of nitrogens with one attached hydrogen (secondary N) is 1. The van der Waals surface area contributed by atoms with Crippen LogP contribution in [0.1, 0.15) is 18.4 Å². The molecule has 1 aliphatic rings. The molecule has 1 aromatic carbocycles. The van der Waals surface area contributed by atoms with E-state index in [9.17, 15) is 0 Å². The smallest absolute Gasteiger partial charge is 0.175 e. The summed E-state index contributed by atoms with van der Waals surface area (Å²) in [6.45, 7) is 4.30. The van der Waals surface area contributed by atoms with Gasteiger partial charge in [-0.15, -0.1) is 0 Å². The fourth-order valence-electron chi connectivity index (χ4n) is 2.18. The molecule has 1 heterocycles. The van der Waals surface area contributed by atoms with Gasteiger partial charge >= 0.3 is 0 Å². The summed E-state index contributed by atoms with van der Waals surface area (Å²) >= 11 is 3.54. The van der Waals surface area contributed by atoms with Gasteiger partial charge in [0, 0.05) is 6.54 Å². The van der Waals surface area contributed by atoms with Gasteiger partial charge in [0.2, 0.25) is 0 Å². The summed E-state index contributed by atoms with van der Waals surface area (Å²) in [7, 11) is 4.22. The third-order valence-electron chi connectivity index (χ3n) is 3.19. The van der Waals surface area contributed by atoms with Crippen LogP contribution in [0.2, 0.25) is 0 Å². The normalized spacial score (nSPS) is 13.8. The lowest BCUT2D eigenvalue weighted by Gasteiger charge is -2.20. The number of rotatable bonds is 7. The zero-order chi connectivity index (χ0) is 14.4. The molecule has 0 saturated heterocycles. The van der Waals surface area contributed by atoms with Gasteiger partial charge in [-0.25, -0.2) is 0 Å². The van der Waals surface area contributed by atoms with Crippen LogP contribution in [-0.4, -0.2) is 45.3 Å². The summed E-state index contributed by atoms with van der Waals surface area (Å²) in [4.78, 5) is 2.22. The number of ether oxygens (including phenoxy) is 2. The van der Waals surface area contributed by atoms with Crippen molar-refractivity contribution in [1.29, 1.82) is 0 Å². The number of halogens is 1. The highest BCUT2D eigenvalue weighted by Crippen LogP contribution is 2.38. The lowest BCUT2D eigenvalue weighted by Crippen LogP contribution is -2.19. The average Bonchev–Trinajstić information content (AvgIpc) is 2.42. The highest BCUT2D eigenvalue weighted by Gasteiger charge is 2.15. The monoisotopic (exact) mass is 342 g/mol. The largest absolute Gasteiger partial charge is 0.486 e. The number of hydrogen-bond donors (Lipinski definition) is 1. The van der Waals surface area contributed by atoms with Crippen molar-refractivity contribution < 1.29 is 9.47 Å². The lowest BCUT2D eigenvalue weighted by molar-refractivity contribution is 0.170. The number of benzene rings is 1. The van der Waals surface area contributed by atoms with Gasteiger partial charge < -0.3 is 19.7 Å². The predicted octanol–water partition coefficient (Wildman–Crippen LogP) is 2.65. The maximum Gasteiger partial charge on any atom is 0.175 e. The van der Waals surface area contributed by atoms with Gasteiger partial charge in [0.1, 0.15) is 13.2 Å². The van der Waals surface area contributed by atoms with Gasteiger partial charge in [-0.1, -0.05) is 0 Å². The molecule has 2 rings (SSSR count). The molecule has 1 N–H and O–H groups in total. The van der Waals surface area contributed by atoms with Crippen molar-refractivity contribution in [3.8, 4) is 11.5 Å². The van der Waals surface area contributed by atoms with E-state index in [1.54, 1.807) is 0 Å². The van der Waals surface area contributed by atoms with Crippen LogP contribution in [-0.2, 0) is 6.54 Å². The Morgan fingerprint density at radius 1 is 1.20 bits per heavy atom. The molecule has 0 spiro atoms. The molecule has 0 aromatic heterocycles. The van der Waals surface area contributed by atoms with Crippen molar-refractivity contribution in [2.75, 3.05) is 40.4 Å². The molecular formula is C15H23BrN2O2. The summed E-state index contributed by atoms with van der Waals surface area (Å²) < 4.78 is 12.2. The number of nitrogens with zero attached hydrogens (tertiary/aromatic N) is 1. The molecule has 0 saturated carbocycles. The minimum absolute atomic E-state index is 0.620. The van der Waals surface area contributed by atoms with Gasteiger partial charge in [-0.3, -0.25) is 0 Å². The van der Waals surface area contributed by atoms with E-state index in [4.69, 9.17) is 9.47 Å². The quantitative estimate of drug-likeness (QED) is 0.772. The topological polar surface area (TPSA) is 33.7 Å². The molecule has 0 amide bonds. The Balaban J connectivity index is 1.77. The van der Waals surface area contributed by atoms with Crippen LogP contribution < -0.4 is 14.8 Å². The Morgan fingerprint density at radius 2 is 2.00 bits per heavy atom. The molecule has 0 unspecified atom stereocenters. The van der Waals surface area contributed by atoms with Crippen molar-refractivity contribution in [1.82, 2.24) is 10.2 Å². The Bertz CT molecular complexity index is 438. The van der Waals surface area contributed by atoms with E-state index in [0.29, 0.717) is 13.2 Å². The highest BCUT2D eigenvalue weighted by molar-refractivity contribution is 9.10. The van der Waals surface area contributed by atoms with Gasteiger partial charge in [0.05, 0.1) is 4.47 Å². The first-order valence-corrected chi connectivity index (χ1v) is 7.89. The Morgan fingerprint density at radius 3 is 2.80 bits per heavy atom. The van der Waals surface area contributed by atoms with Gasteiger partial charge in [0.15, 0.2) is 11.5 Å². The van der Waals surface area contributed by atoms with Crippen LogP contribution in [0, 0.1) is 0 Å². The second kappa shape index (κ2) is 7.86. The number of hydrogen-bond acceptors (Lipinski definition) is 4. The maximum absolute atomic E-state index is 5.63. The van der Waals surface area contributed by atoms with E-state index in [0.717, 1.165) is 35.6 Å². The van der Waals surface area contributed by atoms with E-state index in [1.807, 2.05) is 0 Å². The summed E-state index contributed by atoms with van der Waals surface area (Å²) in [6, 6.07) is 4.16. The first-order valence-electron chi connectivity index (χ1n) is 7.10. The summed E-state index contributed by atoms with van der Waals surface area (Å²) in [6.07, 6.45) is 2.43. The average molecular weight is 343 g/mol. The third kappa shape index (κ3) is 4.65. The number of fused-ring (bicyclic) bond motifs is 1. The lowest BCUT2D eigenvalue weighted by atomic mass is 10.2. The molecule has 0 bridgehead atoms. The molecule has 112 valence electrons. The molecule has 0 fully saturated rings. The zero-order valence-electron chi connectivity index (χ0n) is 12.2. The minimum Gasteiger partial charge on any atom is -0.486 e. The molecular weight excluding hydrogens is 320 g/mol. The maximum atomic E-state index is 5.63. The van der Waals surface area contributed by atoms with E-state index in [2.05, 4.69) is 52.4 Å². The van der Waals surface area contributed by atoms with E-state index in [-0.39, 0.29) is 0 Å². The van der Waals surface area contributed by atoms with E-state index in [1.165, 1.54) is 18.4 Å². The molecule has 0 atom stereocenters. The highest BCUT2D eigenvalue weighted by atomic mass is 79.9. The van der Waals surface area contributed by atoms with Crippen LogP contribution in [0.25, 0.3) is 0 Å². The van der Waals surface area contributed by atoms with Gasteiger partial charge in [-0.2, -0.15) is 0 Å². The molecule has 1 aromatic rings. The van der Waals surface area contributed by atoms with Crippen LogP contribution >= 0.6 is 15.9 Å². The van der Waals surface area contributed by atoms with Crippen molar-refractivity contribution in [3.05, 3.63) is 22.2 Å². The van der Waals surface area contributed by atoms with Crippen molar-refractivity contribution >= 4 is 15.9 Å². The SMILES string of the molecule is CN(C)CCCCNCc1cc(Br)c2c(c1)OCCO2. The summed E-state index contributed by atoms with van der Waals surface area (Å²) in [5.74, 6) is 1.67. The Hall–Kier alpha value is -0.780.